The average Bonchev–Trinajstić information content (AvgIpc) is 2.46. The summed E-state index contributed by atoms with van der Waals surface area (Å²) in [5.74, 6) is 0. The molecule has 0 fully saturated rings. The summed E-state index contributed by atoms with van der Waals surface area (Å²) in [4.78, 5) is 0. The molecular weight excluding hydrogens is 265 g/mol. The normalized spacial score (nSPS) is 13.2. The van der Waals surface area contributed by atoms with Crippen molar-refractivity contribution >= 4 is 0 Å². The van der Waals surface area contributed by atoms with E-state index in [1.54, 1.807) is 12.1 Å². The lowest BCUT2D eigenvalue weighted by Crippen LogP contribution is -2.07. The van der Waals surface area contributed by atoms with Crippen LogP contribution in [-0.4, -0.2) is 5.11 Å². The predicted octanol–water partition coefficient (Wildman–Crippen LogP) is 4.35. The molecule has 2 aromatic rings. The lowest BCUT2D eigenvalue weighted by atomic mass is 9.97. The van der Waals surface area contributed by atoms with Gasteiger partial charge in [-0.1, -0.05) is 43.3 Å². The summed E-state index contributed by atoms with van der Waals surface area (Å²) >= 11 is 0. The van der Waals surface area contributed by atoms with Crippen LogP contribution in [0.5, 0.6) is 0 Å². The Kier molecular flexibility index (Phi) is 4.14. The first-order valence-electron chi connectivity index (χ1n) is 6.36. The van der Waals surface area contributed by atoms with Gasteiger partial charge in [0.15, 0.2) is 0 Å². The first kappa shape index (κ1) is 14.6. The van der Waals surface area contributed by atoms with E-state index in [9.17, 15) is 18.3 Å². The molecule has 1 unspecified atom stereocenters. The molecule has 0 aliphatic heterocycles. The number of aliphatic hydroxyl groups is 1. The molecule has 4 heteroatoms. The van der Waals surface area contributed by atoms with Gasteiger partial charge in [-0.2, -0.15) is 13.2 Å². The van der Waals surface area contributed by atoms with Gasteiger partial charge >= 0.3 is 6.18 Å². The topological polar surface area (TPSA) is 20.2 Å². The Labute approximate surface area is 115 Å². The number of benzene rings is 2. The van der Waals surface area contributed by atoms with Crippen molar-refractivity contribution in [3.05, 3.63) is 70.8 Å². The number of hydrogen-bond acceptors (Lipinski definition) is 1. The lowest BCUT2D eigenvalue weighted by Gasteiger charge is -2.15. The molecule has 2 rings (SSSR count). The molecule has 0 spiro atoms. The molecule has 2 aromatic carbocycles. The van der Waals surface area contributed by atoms with Crippen LogP contribution in [0.1, 0.15) is 35.3 Å². The van der Waals surface area contributed by atoms with Crippen LogP contribution in [0.2, 0.25) is 0 Å². The summed E-state index contributed by atoms with van der Waals surface area (Å²) in [7, 11) is 0. The van der Waals surface area contributed by atoms with Crippen LogP contribution in [0, 0.1) is 0 Å². The molecule has 1 atom stereocenters. The van der Waals surface area contributed by atoms with Crippen molar-refractivity contribution in [2.75, 3.05) is 0 Å². The Balaban J connectivity index is 2.35. The Bertz CT molecular complexity index is 590. The maximum Gasteiger partial charge on any atom is 0.416 e. The first-order chi connectivity index (χ1) is 9.41. The molecule has 1 N–H and O–H groups in total. The van der Waals surface area contributed by atoms with E-state index in [1.807, 2.05) is 19.1 Å². The lowest BCUT2D eigenvalue weighted by molar-refractivity contribution is -0.137. The van der Waals surface area contributed by atoms with Crippen molar-refractivity contribution in [2.24, 2.45) is 0 Å². The zero-order valence-electron chi connectivity index (χ0n) is 11.0. The third kappa shape index (κ3) is 3.20. The van der Waals surface area contributed by atoms with E-state index in [0.29, 0.717) is 5.56 Å². The minimum Gasteiger partial charge on any atom is -0.384 e. The molecule has 0 aliphatic rings. The average molecular weight is 280 g/mol. The van der Waals surface area contributed by atoms with Gasteiger partial charge in [0.05, 0.1) is 5.56 Å². The third-order valence-electron chi connectivity index (χ3n) is 3.20. The Morgan fingerprint density at radius 3 is 2.20 bits per heavy atom. The number of aryl methyl sites for hydroxylation is 1. The van der Waals surface area contributed by atoms with Gasteiger partial charge in [0, 0.05) is 0 Å². The zero-order chi connectivity index (χ0) is 14.8. The number of alkyl halides is 3. The Hall–Kier alpha value is -1.81. The molecule has 0 radical (unpaired) electrons. The van der Waals surface area contributed by atoms with E-state index < -0.39 is 17.8 Å². The van der Waals surface area contributed by atoms with Crippen molar-refractivity contribution in [3.8, 4) is 0 Å². The van der Waals surface area contributed by atoms with Crippen molar-refractivity contribution in [1.29, 1.82) is 0 Å². The van der Waals surface area contributed by atoms with Crippen molar-refractivity contribution in [2.45, 2.75) is 25.6 Å². The smallest absolute Gasteiger partial charge is 0.384 e. The van der Waals surface area contributed by atoms with Gasteiger partial charge in [0.25, 0.3) is 0 Å². The Morgan fingerprint density at radius 1 is 1.00 bits per heavy atom. The van der Waals surface area contributed by atoms with Crippen LogP contribution in [-0.2, 0) is 12.6 Å². The van der Waals surface area contributed by atoms with E-state index >= 15 is 0 Å². The third-order valence-corrected chi connectivity index (χ3v) is 3.20. The van der Waals surface area contributed by atoms with Gasteiger partial charge in [0.1, 0.15) is 6.10 Å². The minimum absolute atomic E-state index is 0.244. The molecule has 0 saturated carbocycles. The quantitative estimate of drug-likeness (QED) is 0.886. The van der Waals surface area contributed by atoms with Crippen LogP contribution in [0.3, 0.4) is 0 Å². The van der Waals surface area contributed by atoms with Gasteiger partial charge in [-0.25, -0.2) is 0 Å². The van der Waals surface area contributed by atoms with E-state index in [0.717, 1.165) is 24.1 Å². The van der Waals surface area contributed by atoms with Gasteiger partial charge in [-0.15, -0.1) is 0 Å². The number of rotatable bonds is 3. The van der Waals surface area contributed by atoms with Gasteiger partial charge in [-0.3, -0.25) is 0 Å². The van der Waals surface area contributed by atoms with Crippen molar-refractivity contribution in [3.63, 3.8) is 0 Å². The standard InChI is InChI=1S/C16H15F3O/c1-2-11-5-3-6-12(9-11)15(20)13-7-4-8-14(10-13)16(17,18)19/h3-10,15,20H,2H2,1H3. The fourth-order valence-electron chi connectivity index (χ4n) is 2.06. The largest absolute Gasteiger partial charge is 0.416 e. The van der Waals surface area contributed by atoms with Crippen LogP contribution in [0.25, 0.3) is 0 Å². The highest BCUT2D eigenvalue weighted by atomic mass is 19.4. The van der Waals surface area contributed by atoms with Crippen molar-refractivity contribution < 1.29 is 18.3 Å². The van der Waals surface area contributed by atoms with E-state index in [2.05, 4.69) is 0 Å². The summed E-state index contributed by atoms with van der Waals surface area (Å²) in [5.41, 5.74) is 1.13. The number of aliphatic hydroxyl groups excluding tert-OH is 1. The van der Waals surface area contributed by atoms with E-state index in [4.69, 9.17) is 0 Å². The molecular formula is C16H15F3O. The van der Waals surface area contributed by atoms with Gasteiger partial charge in [0.2, 0.25) is 0 Å². The second-order valence-electron chi connectivity index (χ2n) is 4.62. The summed E-state index contributed by atoms with van der Waals surface area (Å²) in [6, 6.07) is 12.0. The van der Waals surface area contributed by atoms with E-state index in [1.165, 1.54) is 12.1 Å². The number of hydrogen-bond donors (Lipinski definition) is 1. The molecule has 0 aliphatic carbocycles. The molecule has 0 bridgehead atoms. The highest BCUT2D eigenvalue weighted by Gasteiger charge is 2.30. The predicted molar refractivity (Wildman–Crippen MR) is 71.3 cm³/mol. The van der Waals surface area contributed by atoms with Gasteiger partial charge in [-0.05, 0) is 35.2 Å². The van der Waals surface area contributed by atoms with Crippen LogP contribution < -0.4 is 0 Å². The molecule has 0 saturated heterocycles. The fourth-order valence-corrected chi connectivity index (χ4v) is 2.06. The Morgan fingerprint density at radius 2 is 1.60 bits per heavy atom. The number of halogens is 3. The molecule has 0 aromatic heterocycles. The maximum atomic E-state index is 12.7. The van der Waals surface area contributed by atoms with Crippen LogP contribution in [0.15, 0.2) is 48.5 Å². The van der Waals surface area contributed by atoms with E-state index in [-0.39, 0.29) is 5.56 Å². The highest BCUT2D eigenvalue weighted by molar-refractivity contribution is 5.35. The maximum absolute atomic E-state index is 12.7. The van der Waals surface area contributed by atoms with Crippen molar-refractivity contribution in [1.82, 2.24) is 0 Å². The fraction of sp³-hybridized carbons (Fsp3) is 0.250. The summed E-state index contributed by atoms with van der Waals surface area (Å²) in [5, 5.41) is 10.2. The summed E-state index contributed by atoms with van der Waals surface area (Å²) in [6.45, 7) is 1.98. The molecule has 20 heavy (non-hydrogen) atoms. The SMILES string of the molecule is CCc1cccc(C(O)c2cccc(C(F)(F)F)c2)c1. The second-order valence-corrected chi connectivity index (χ2v) is 4.62. The van der Waals surface area contributed by atoms with Crippen LogP contribution >= 0.6 is 0 Å². The van der Waals surface area contributed by atoms with Crippen LogP contribution in [0.4, 0.5) is 13.2 Å². The van der Waals surface area contributed by atoms with Gasteiger partial charge < -0.3 is 5.11 Å². The molecule has 0 amide bonds. The zero-order valence-corrected chi connectivity index (χ0v) is 11.0. The monoisotopic (exact) mass is 280 g/mol. The molecule has 106 valence electrons. The highest BCUT2D eigenvalue weighted by Crippen LogP contribution is 2.32. The first-order valence-corrected chi connectivity index (χ1v) is 6.36. The second kappa shape index (κ2) is 5.67. The molecule has 1 nitrogen and oxygen atoms in total. The summed E-state index contributed by atoms with van der Waals surface area (Å²) in [6.07, 6.45) is -4.65. The summed E-state index contributed by atoms with van der Waals surface area (Å²) < 4.78 is 38.0. The minimum atomic E-state index is -4.40. The molecule has 0 heterocycles.